The van der Waals surface area contributed by atoms with E-state index in [9.17, 15) is 5.11 Å². The largest absolute Gasteiger partial charge is 0.394 e. The molecule has 4 nitrogen and oxygen atoms in total. The fourth-order valence-corrected chi connectivity index (χ4v) is 2.64. The highest BCUT2D eigenvalue weighted by Gasteiger charge is 2.31. The van der Waals surface area contributed by atoms with Crippen LogP contribution in [0.3, 0.4) is 0 Å². The minimum atomic E-state index is -0.518. The molecule has 0 aromatic heterocycles. The van der Waals surface area contributed by atoms with Crippen LogP contribution >= 0.6 is 0 Å². The van der Waals surface area contributed by atoms with Gasteiger partial charge in [0, 0.05) is 12.5 Å². The fraction of sp³-hybridized carbons (Fsp3) is 0.625. The van der Waals surface area contributed by atoms with Crippen molar-refractivity contribution in [3.63, 3.8) is 0 Å². The normalized spacial score (nSPS) is 21.8. The zero-order valence-corrected chi connectivity index (χ0v) is 12.2. The van der Waals surface area contributed by atoms with Gasteiger partial charge in [0.1, 0.15) is 0 Å². The highest BCUT2D eigenvalue weighted by atomic mass is 16.5. The number of hydrogen-bond donors (Lipinski definition) is 2. The number of aliphatic hydroxyl groups is 1. The topological polar surface area (TPSA) is 50.7 Å². The molecule has 112 valence electrons. The van der Waals surface area contributed by atoms with Gasteiger partial charge in [0.2, 0.25) is 0 Å². The molecule has 1 aromatic rings. The maximum atomic E-state index is 9.89. The van der Waals surface area contributed by atoms with Crippen molar-refractivity contribution in [2.75, 3.05) is 39.6 Å². The Labute approximate surface area is 121 Å². The first-order valence-electron chi connectivity index (χ1n) is 7.37. The zero-order valence-electron chi connectivity index (χ0n) is 12.2. The Balaban J connectivity index is 1.98. The van der Waals surface area contributed by atoms with Crippen LogP contribution in [0.15, 0.2) is 30.3 Å². The lowest BCUT2D eigenvalue weighted by Gasteiger charge is -2.33. The second-order valence-electron chi connectivity index (χ2n) is 5.38. The number of ether oxygens (including phenoxy) is 2. The Morgan fingerprint density at radius 2 is 2.20 bits per heavy atom. The molecule has 0 amide bonds. The standard InChI is InChI=1S/C16H25NO3/c1-2-17-16(12-18,15-6-4-3-5-7-15)13-20-11-14-8-9-19-10-14/h3-7,14,17-18H,2,8-13H2,1H3. The SMILES string of the molecule is CCNC(CO)(COCC1CCOC1)c1ccccc1. The lowest BCUT2D eigenvalue weighted by Crippen LogP contribution is -2.49. The second-order valence-corrected chi connectivity index (χ2v) is 5.38. The molecule has 1 heterocycles. The third-order valence-corrected chi connectivity index (χ3v) is 3.84. The van der Waals surface area contributed by atoms with E-state index in [1.54, 1.807) is 0 Å². The van der Waals surface area contributed by atoms with E-state index in [1.165, 1.54) is 0 Å². The Hall–Kier alpha value is -0.940. The Kier molecular flexibility index (Phi) is 5.98. The molecular weight excluding hydrogens is 254 g/mol. The third kappa shape index (κ3) is 3.79. The van der Waals surface area contributed by atoms with Crippen LogP contribution in [0.5, 0.6) is 0 Å². The smallest absolute Gasteiger partial charge is 0.0905 e. The van der Waals surface area contributed by atoms with Crippen molar-refractivity contribution in [3.8, 4) is 0 Å². The average Bonchev–Trinajstić information content (AvgIpc) is 3.00. The Bertz CT molecular complexity index is 379. The van der Waals surface area contributed by atoms with Gasteiger partial charge < -0.3 is 19.9 Å². The molecule has 1 aliphatic rings. The van der Waals surface area contributed by atoms with Gasteiger partial charge in [-0.1, -0.05) is 37.3 Å². The van der Waals surface area contributed by atoms with Crippen LogP contribution in [0.4, 0.5) is 0 Å². The second kappa shape index (κ2) is 7.74. The Morgan fingerprint density at radius 1 is 1.40 bits per heavy atom. The van der Waals surface area contributed by atoms with Crippen molar-refractivity contribution in [3.05, 3.63) is 35.9 Å². The summed E-state index contributed by atoms with van der Waals surface area (Å²) in [5, 5.41) is 13.3. The molecule has 1 aliphatic heterocycles. The monoisotopic (exact) mass is 279 g/mol. The van der Waals surface area contributed by atoms with Gasteiger partial charge in [0.25, 0.3) is 0 Å². The predicted molar refractivity (Wildman–Crippen MR) is 78.6 cm³/mol. The molecule has 1 aromatic carbocycles. The van der Waals surface area contributed by atoms with E-state index < -0.39 is 5.54 Å². The maximum absolute atomic E-state index is 9.89. The van der Waals surface area contributed by atoms with Crippen molar-refractivity contribution in [2.45, 2.75) is 18.9 Å². The van der Waals surface area contributed by atoms with Crippen LogP contribution in [-0.2, 0) is 15.0 Å². The quantitative estimate of drug-likeness (QED) is 0.758. The number of likely N-dealkylation sites (N-methyl/N-ethyl adjacent to an activating group) is 1. The van der Waals surface area contributed by atoms with Gasteiger partial charge in [0.15, 0.2) is 0 Å². The summed E-state index contributed by atoms with van der Waals surface area (Å²) < 4.78 is 11.2. The molecule has 0 saturated carbocycles. The molecule has 0 radical (unpaired) electrons. The van der Waals surface area contributed by atoms with Crippen LogP contribution in [0.2, 0.25) is 0 Å². The molecule has 0 aliphatic carbocycles. The lowest BCUT2D eigenvalue weighted by molar-refractivity contribution is 0.0170. The minimum absolute atomic E-state index is 0.0199. The summed E-state index contributed by atoms with van der Waals surface area (Å²) in [7, 11) is 0. The summed E-state index contributed by atoms with van der Waals surface area (Å²) in [5.74, 6) is 0.490. The lowest BCUT2D eigenvalue weighted by atomic mass is 9.91. The van der Waals surface area contributed by atoms with Crippen LogP contribution < -0.4 is 5.32 Å². The number of hydrogen-bond acceptors (Lipinski definition) is 4. The maximum Gasteiger partial charge on any atom is 0.0905 e. The van der Waals surface area contributed by atoms with Gasteiger partial charge in [-0.25, -0.2) is 0 Å². The molecule has 0 bridgehead atoms. The van der Waals surface area contributed by atoms with E-state index in [1.807, 2.05) is 37.3 Å². The summed E-state index contributed by atoms with van der Waals surface area (Å²) in [6.45, 7) is 5.64. The molecule has 0 spiro atoms. The van der Waals surface area contributed by atoms with Gasteiger partial charge in [-0.05, 0) is 18.5 Å². The highest BCUT2D eigenvalue weighted by molar-refractivity contribution is 5.25. The predicted octanol–water partition coefficient (Wildman–Crippen LogP) is 1.54. The van der Waals surface area contributed by atoms with Crippen LogP contribution in [0.1, 0.15) is 18.9 Å². The molecule has 20 heavy (non-hydrogen) atoms. The molecule has 4 heteroatoms. The van der Waals surface area contributed by atoms with Crippen molar-refractivity contribution in [1.29, 1.82) is 0 Å². The summed E-state index contributed by atoms with van der Waals surface area (Å²) in [6.07, 6.45) is 1.07. The molecule has 2 unspecified atom stereocenters. The van der Waals surface area contributed by atoms with E-state index in [-0.39, 0.29) is 6.61 Å². The third-order valence-electron chi connectivity index (χ3n) is 3.84. The van der Waals surface area contributed by atoms with E-state index in [0.717, 1.165) is 31.7 Å². The number of rotatable bonds is 8. The van der Waals surface area contributed by atoms with Crippen molar-refractivity contribution >= 4 is 0 Å². The number of aliphatic hydroxyl groups excluding tert-OH is 1. The summed E-state index contributed by atoms with van der Waals surface area (Å²) >= 11 is 0. The van der Waals surface area contributed by atoms with E-state index in [4.69, 9.17) is 9.47 Å². The first-order valence-corrected chi connectivity index (χ1v) is 7.37. The van der Waals surface area contributed by atoms with Crippen LogP contribution in [-0.4, -0.2) is 44.7 Å². The average molecular weight is 279 g/mol. The van der Waals surface area contributed by atoms with Crippen molar-refractivity contribution in [1.82, 2.24) is 5.32 Å². The summed E-state index contributed by atoms with van der Waals surface area (Å²) in [5.41, 5.74) is 0.544. The van der Waals surface area contributed by atoms with Crippen molar-refractivity contribution < 1.29 is 14.6 Å². The minimum Gasteiger partial charge on any atom is -0.394 e. The fourth-order valence-electron chi connectivity index (χ4n) is 2.64. The first-order chi connectivity index (χ1) is 9.80. The number of nitrogens with one attached hydrogen (secondary N) is 1. The summed E-state index contributed by atoms with van der Waals surface area (Å²) in [6, 6.07) is 10.0. The first kappa shape index (κ1) is 15.4. The van der Waals surface area contributed by atoms with Gasteiger partial charge in [-0.15, -0.1) is 0 Å². The summed E-state index contributed by atoms with van der Waals surface area (Å²) in [4.78, 5) is 0. The Morgan fingerprint density at radius 3 is 2.80 bits per heavy atom. The van der Waals surface area contributed by atoms with Gasteiger partial charge >= 0.3 is 0 Å². The van der Waals surface area contributed by atoms with Crippen LogP contribution in [0, 0.1) is 5.92 Å². The molecule has 2 atom stereocenters. The van der Waals surface area contributed by atoms with E-state index in [2.05, 4.69) is 5.32 Å². The molecular formula is C16H25NO3. The molecule has 1 saturated heterocycles. The molecule has 2 N–H and O–H groups in total. The van der Waals surface area contributed by atoms with E-state index in [0.29, 0.717) is 19.1 Å². The van der Waals surface area contributed by atoms with Gasteiger partial charge in [0.05, 0.1) is 32.0 Å². The van der Waals surface area contributed by atoms with Crippen molar-refractivity contribution in [2.24, 2.45) is 5.92 Å². The van der Waals surface area contributed by atoms with Gasteiger partial charge in [-0.2, -0.15) is 0 Å². The molecule has 1 fully saturated rings. The highest BCUT2D eigenvalue weighted by Crippen LogP contribution is 2.22. The molecule has 2 rings (SSSR count). The van der Waals surface area contributed by atoms with Crippen LogP contribution in [0.25, 0.3) is 0 Å². The van der Waals surface area contributed by atoms with E-state index >= 15 is 0 Å². The zero-order chi connectivity index (χ0) is 14.3. The van der Waals surface area contributed by atoms with Gasteiger partial charge in [-0.3, -0.25) is 0 Å². The number of benzene rings is 1.